The van der Waals surface area contributed by atoms with Crippen LogP contribution in [0.2, 0.25) is 0 Å². The molecule has 0 aromatic carbocycles. The molecule has 0 saturated heterocycles. The van der Waals surface area contributed by atoms with Gasteiger partial charge in [0.1, 0.15) is 6.73 Å². The first-order valence-electron chi connectivity index (χ1n) is 3.40. The molecule has 1 unspecified atom stereocenters. The average Bonchev–Trinajstić information content (AvgIpc) is 1.97. The van der Waals surface area contributed by atoms with Crippen molar-refractivity contribution in [2.45, 2.75) is 13.0 Å². The van der Waals surface area contributed by atoms with Crippen LogP contribution in [0.25, 0.3) is 0 Å². The average molecular weight is 161 g/mol. The van der Waals surface area contributed by atoms with Crippen molar-refractivity contribution in [3.63, 3.8) is 0 Å². The molecule has 0 saturated carbocycles. The Hall–Kier alpha value is -0.650. The number of methoxy groups -OCH3 is 1. The van der Waals surface area contributed by atoms with Gasteiger partial charge < -0.3 is 10.5 Å². The van der Waals surface area contributed by atoms with Crippen molar-refractivity contribution in [3.05, 3.63) is 0 Å². The first-order chi connectivity index (χ1) is 5.20. The third-order valence-corrected chi connectivity index (χ3v) is 1.02. The molecule has 0 aromatic heterocycles. The molecule has 0 aliphatic rings. The van der Waals surface area contributed by atoms with Gasteiger partial charge in [-0.1, -0.05) is 0 Å². The number of hydrogen-bond donors (Lipinski definition) is 2. The summed E-state index contributed by atoms with van der Waals surface area (Å²) in [6, 6.07) is -0.0374. The Morgan fingerprint density at radius 2 is 2.45 bits per heavy atom. The Morgan fingerprint density at radius 3 is 2.82 bits per heavy atom. The van der Waals surface area contributed by atoms with Crippen LogP contribution in [0.5, 0.6) is 0 Å². The van der Waals surface area contributed by atoms with E-state index in [2.05, 4.69) is 5.43 Å². The highest BCUT2D eigenvalue weighted by Gasteiger charge is 2.01. The van der Waals surface area contributed by atoms with Gasteiger partial charge in [0.05, 0.1) is 6.54 Å². The van der Waals surface area contributed by atoms with Crippen molar-refractivity contribution in [2.24, 2.45) is 5.73 Å². The van der Waals surface area contributed by atoms with E-state index in [0.29, 0.717) is 19.7 Å². The first kappa shape index (κ1) is 10.3. The summed E-state index contributed by atoms with van der Waals surface area (Å²) in [5.74, 6) is 0. The minimum absolute atomic E-state index is 0.0374. The number of rotatable bonds is 6. The van der Waals surface area contributed by atoms with Crippen molar-refractivity contribution in [1.29, 1.82) is 0 Å². The van der Waals surface area contributed by atoms with Gasteiger partial charge in [-0.2, -0.15) is 0 Å². The monoisotopic (exact) mass is 161 g/mol. The maximum Gasteiger partial charge on any atom is 0.223 e. The SMILES string of the molecule is COCNN(C=O)CC(C)N. The van der Waals surface area contributed by atoms with E-state index in [9.17, 15) is 4.79 Å². The van der Waals surface area contributed by atoms with Crippen molar-refractivity contribution in [3.8, 4) is 0 Å². The zero-order chi connectivity index (χ0) is 8.69. The highest BCUT2D eigenvalue weighted by Crippen LogP contribution is 1.80. The summed E-state index contributed by atoms with van der Waals surface area (Å²) in [5, 5.41) is 1.36. The molecule has 0 bridgehead atoms. The fraction of sp³-hybridized carbons (Fsp3) is 0.833. The molecule has 0 fully saturated rings. The Kier molecular flexibility index (Phi) is 5.73. The zero-order valence-electron chi connectivity index (χ0n) is 6.91. The summed E-state index contributed by atoms with van der Waals surface area (Å²) in [6.45, 7) is 2.61. The van der Waals surface area contributed by atoms with Gasteiger partial charge in [-0.05, 0) is 6.92 Å². The van der Waals surface area contributed by atoms with Gasteiger partial charge in [-0.25, -0.2) is 5.43 Å². The van der Waals surface area contributed by atoms with Gasteiger partial charge in [0, 0.05) is 13.2 Å². The third-order valence-electron chi connectivity index (χ3n) is 1.02. The number of nitrogens with two attached hydrogens (primary N) is 1. The summed E-state index contributed by atoms with van der Waals surface area (Å²) in [5.41, 5.74) is 8.17. The van der Waals surface area contributed by atoms with Crippen LogP contribution < -0.4 is 11.2 Å². The van der Waals surface area contributed by atoms with Crippen LogP contribution >= 0.6 is 0 Å². The second-order valence-electron chi connectivity index (χ2n) is 2.33. The van der Waals surface area contributed by atoms with E-state index in [-0.39, 0.29) is 6.04 Å². The van der Waals surface area contributed by atoms with Crippen LogP contribution in [0.1, 0.15) is 6.92 Å². The molecule has 1 atom stereocenters. The van der Waals surface area contributed by atoms with Crippen LogP contribution in [-0.2, 0) is 9.53 Å². The predicted octanol–water partition coefficient (Wildman–Crippen LogP) is -1.10. The number of carbonyl (C=O) groups is 1. The van der Waals surface area contributed by atoms with E-state index >= 15 is 0 Å². The highest BCUT2D eigenvalue weighted by molar-refractivity contribution is 5.46. The van der Waals surface area contributed by atoms with E-state index < -0.39 is 0 Å². The van der Waals surface area contributed by atoms with Crippen LogP contribution in [0.15, 0.2) is 0 Å². The molecular weight excluding hydrogens is 146 g/mol. The quantitative estimate of drug-likeness (QED) is 0.295. The normalized spacial score (nSPS) is 12.6. The third kappa shape index (κ3) is 5.78. The summed E-state index contributed by atoms with van der Waals surface area (Å²) in [6.07, 6.45) is 0.683. The molecule has 11 heavy (non-hydrogen) atoms. The summed E-state index contributed by atoms with van der Waals surface area (Å²) in [4.78, 5) is 10.3. The van der Waals surface area contributed by atoms with Crippen molar-refractivity contribution >= 4 is 6.41 Å². The number of ether oxygens (including phenoxy) is 1. The lowest BCUT2D eigenvalue weighted by Crippen LogP contribution is -2.44. The van der Waals surface area contributed by atoms with Gasteiger partial charge >= 0.3 is 0 Å². The smallest absolute Gasteiger partial charge is 0.223 e. The standard InChI is InChI=1S/C6H15N3O2/c1-6(7)3-9(5-10)8-4-11-2/h5-6,8H,3-4,7H2,1-2H3. The molecular formula is C6H15N3O2. The van der Waals surface area contributed by atoms with Crippen molar-refractivity contribution in [2.75, 3.05) is 20.4 Å². The van der Waals surface area contributed by atoms with E-state index in [0.717, 1.165) is 0 Å². The molecule has 0 radical (unpaired) electrons. The van der Waals surface area contributed by atoms with E-state index in [1.54, 1.807) is 7.11 Å². The maximum absolute atomic E-state index is 10.3. The van der Waals surface area contributed by atoms with Gasteiger partial charge in [-0.3, -0.25) is 9.80 Å². The van der Waals surface area contributed by atoms with Crippen LogP contribution in [0, 0.1) is 0 Å². The maximum atomic E-state index is 10.3. The van der Waals surface area contributed by atoms with Gasteiger partial charge in [0.15, 0.2) is 0 Å². The summed E-state index contributed by atoms with van der Waals surface area (Å²) >= 11 is 0. The lowest BCUT2D eigenvalue weighted by Gasteiger charge is -2.19. The topological polar surface area (TPSA) is 67.6 Å². The van der Waals surface area contributed by atoms with Gasteiger partial charge in [0.25, 0.3) is 0 Å². The number of hydrazine groups is 1. The van der Waals surface area contributed by atoms with E-state index in [1.165, 1.54) is 5.01 Å². The molecule has 0 rings (SSSR count). The van der Waals surface area contributed by atoms with Gasteiger partial charge in [-0.15, -0.1) is 0 Å². The molecule has 0 spiro atoms. The molecule has 5 heteroatoms. The number of nitrogens with zero attached hydrogens (tertiary/aromatic N) is 1. The second kappa shape index (κ2) is 6.09. The van der Waals surface area contributed by atoms with E-state index in [1.807, 2.05) is 6.92 Å². The lowest BCUT2D eigenvalue weighted by molar-refractivity contribution is -0.122. The summed E-state index contributed by atoms with van der Waals surface area (Å²) < 4.78 is 4.70. The van der Waals surface area contributed by atoms with Crippen molar-refractivity contribution < 1.29 is 9.53 Å². The minimum atomic E-state index is -0.0374. The molecule has 3 N–H and O–H groups in total. The molecule has 66 valence electrons. The fourth-order valence-electron chi connectivity index (χ4n) is 0.603. The van der Waals surface area contributed by atoms with Crippen LogP contribution in [0.4, 0.5) is 0 Å². The molecule has 0 aliphatic heterocycles. The Morgan fingerprint density at radius 1 is 1.82 bits per heavy atom. The summed E-state index contributed by atoms with van der Waals surface area (Å²) in [7, 11) is 1.54. The predicted molar refractivity (Wildman–Crippen MR) is 41.4 cm³/mol. The number of nitrogens with one attached hydrogen (secondary N) is 1. The van der Waals surface area contributed by atoms with E-state index in [4.69, 9.17) is 10.5 Å². The van der Waals surface area contributed by atoms with Gasteiger partial charge in [0.2, 0.25) is 6.41 Å². The molecule has 0 heterocycles. The highest BCUT2D eigenvalue weighted by atomic mass is 16.5. The van der Waals surface area contributed by atoms with Crippen LogP contribution in [-0.4, -0.2) is 37.8 Å². The number of amides is 1. The number of carbonyl (C=O) groups excluding carboxylic acids is 1. The Labute approximate surface area is 66.5 Å². The molecule has 0 aliphatic carbocycles. The first-order valence-corrected chi connectivity index (χ1v) is 3.40. The lowest BCUT2D eigenvalue weighted by atomic mass is 10.4. The molecule has 5 nitrogen and oxygen atoms in total. The zero-order valence-corrected chi connectivity index (χ0v) is 6.91. The van der Waals surface area contributed by atoms with Crippen molar-refractivity contribution in [1.82, 2.24) is 10.4 Å². The molecule has 0 aromatic rings. The number of hydrogen-bond acceptors (Lipinski definition) is 4. The second-order valence-corrected chi connectivity index (χ2v) is 2.33. The van der Waals surface area contributed by atoms with Crippen LogP contribution in [0.3, 0.4) is 0 Å². The fourth-order valence-corrected chi connectivity index (χ4v) is 0.603. The minimum Gasteiger partial charge on any atom is -0.368 e. The largest absolute Gasteiger partial charge is 0.368 e. The Balaban J connectivity index is 3.49. The Bertz CT molecular complexity index is 108. The molecule has 1 amide bonds.